The Balaban J connectivity index is 0.00000220. The summed E-state index contributed by atoms with van der Waals surface area (Å²) in [4.78, 5) is 8.70. The van der Waals surface area contributed by atoms with E-state index in [-0.39, 0.29) is 30.1 Å². The molecule has 0 saturated carbocycles. The lowest BCUT2D eigenvalue weighted by Crippen LogP contribution is -2.39. The van der Waals surface area contributed by atoms with Gasteiger partial charge in [-0.05, 0) is 26.7 Å². The van der Waals surface area contributed by atoms with Crippen molar-refractivity contribution in [2.75, 3.05) is 26.2 Å². The van der Waals surface area contributed by atoms with Gasteiger partial charge in [-0.3, -0.25) is 4.99 Å². The van der Waals surface area contributed by atoms with E-state index in [0.29, 0.717) is 31.2 Å². The number of aliphatic imine (C=N–C) groups is 1. The average Bonchev–Trinajstić information content (AvgIpc) is 3.08. The SMILES string of the molecule is CCNC(=NCC1CCCO1)NCCc1nc(C)no1.I. The van der Waals surface area contributed by atoms with Crippen LogP contribution in [0.25, 0.3) is 0 Å². The second-order valence-electron chi connectivity index (χ2n) is 4.77. The van der Waals surface area contributed by atoms with Crippen LogP contribution in [0.3, 0.4) is 0 Å². The van der Waals surface area contributed by atoms with E-state index in [9.17, 15) is 0 Å². The van der Waals surface area contributed by atoms with Crippen molar-refractivity contribution in [2.45, 2.75) is 39.2 Å². The van der Waals surface area contributed by atoms with Gasteiger partial charge in [0.2, 0.25) is 5.89 Å². The molecule has 1 unspecified atom stereocenters. The molecule has 0 radical (unpaired) electrons. The topological polar surface area (TPSA) is 84.6 Å². The molecule has 1 fully saturated rings. The molecule has 1 aromatic heterocycles. The van der Waals surface area contributed by atoms with Gasteiger partial charge in [0.15, 0.2) is 11.8 Å². The van der Waals surface area contributed by atoms with Crippen LogP contribution in [0.5, 0.6) is 0 Å². The zero-order valence-electron chi connectivity index (χ0n) is 12.6. The van der Waals surface area contributed by atoms with Crippen LogP contribution in [0.1, 0.15) is 31.5 Å². The second-order valence-corrected chi connectivity index (χ2v) is 4.77. The lowest BCUT2D eigenvalue weighted by Gasteiger charge is -2.12. The molecule has 0 aliphatic carbocycles. The summed E-state index contributed by atoms with van der Waals surface area (Å²) < 4.78 is 10.6. The summed E-state index contributed by atoms with van der Waals surface area (Å²) in [6.07, 6.45) is 3.19. The van der Waals surface area contributed by atoms with Crippen molar-refractivity contribution in [3.63, 3.8) is 0 Å². The van der Waals surface area contributed by atoms with Crippen molar-refractivity contribution < 1.29 is 9.26 Å². The minimum atomic E-state index is 0. The molecule has 2 N–H and O–H groups in total. The molecular formula is C13H24IN5O2. The third kappa shape index (κ3) is 6.60. The van der Waals surface area contributed by atoms with E-state index in [1.54, 1.807) is 0 Å². The van der Waals surface area contributed by atoms with Gasteiger partial charge in [0, 0.05) is 26.1 Å². The van der Waals surface area contributed by atoms with E-state index in [0.717, 1.165) is 32.0 Å². The summed E-state index contributed by atoms with van der Waals surface area (Å²) in [7, 11) is 0. The number of aryl methyl sites for hydroxylation is 1. The van der Waals surface area contributed by atoms with Gasteiger partial charge in [-0.2, -0.15) is 4.98 Å². The van der Waals surface area contributed by atoms with E-state index in [1.165, 1.54) is 0 Å². The molecule has 1 saturated heterocycles. The molecule has 120 valence electrons. The van der Waals surface area contributed by atoms with Gasteiger partial charge >= 0.3 is 0 Å². The van der Waals surface area contributed by atoms with Crippen molar-refractivity contribution in [1.82, 2.24) is 20.8 Å². The number of nitrogens with zero attached hydrogens (tertiary/aromatic N) is 3. The molecule has 2 heterocycles. The van der Waals surface area contributed by atoms with E-state index in [4.69, 9.17) is 9.26 Å². The fraction of sp³-hybridized carbons (Fsp3) is 0.769. The van der Waals surface area contributed by atoms with Crippen molar-refractivity contribution in [3.8, 4) is 0 Å². The van der Waals surface area contributed by atoms with Crippen LogP contribution in [-0.4, -0.2) is 48.4 Å². The van der Waals surface area contributed by atoms with E-state index in [1.807, 2.05) is 13.8 Å². The first-order valence-electron chi connectivity index (χ1n) is 7.21. The molecule has 21 heavy (non-hydrogen) atoms. The van der Waals surface area contributed by atoms with Gasteiger partial charge in [-0.1, -0.05) is 5.16 Å². The fourth-order valence-corrected chi connectivity index (χ4v) is 2.05. The summed E-state index contributed by atoms with van der Waals surface area (Å²) in [6, 6.07) is 0. The third-order valence-electron chi connectivity index (χ3n) is 3.02. The van der Waals surface area contributed by atoms with Crippen molar-refractivity contribution in [1.29, 1.82) is 0 Å². The smallest absolute Gasteiger partial charge is 0.228 e. The molecule has 2 rings (SSSR count). The first-order chi connectivity index (χ1) is 9.78. The quantitative estimate of drug-likeness (QED) is 0.418. The van der Waals surface area contributed by atoms with Crippen LogP contribution >= 0.6 is 24.0 Å². The van der Waals surface area contributed by atoms with Crippen LogP contribution in [-0.2, 0) is 11.2 Å². The summed E-state index contributed by atoms with van der Waals surface area (Å²) in [5.74, 6) is 2.11. The Bertz CT molecular complexity index is 432. The van der Waals surface area contributed by atoms with E-state index in [2.05, 4.69) is 25.8 Å². The number of hydrogen-bond acceptors (Lipinski definition) is 5. The zero-order valence-corrected chi connectivity index (χ0v) is 14.9. The van der Waals surface area contributed by atoms with Crippen LogP contribution in [0.4, 0.5) is 0 Å². The lowest BCUT2D eigenvalue weighted by atomic mass is 10.2. The maximum absolute atomic E-state index is 5.56. The molecular weight excluding hydrogens is 385 g/mol. The van der Waals surface area contributed by atoms with Crippen molar-refractivity contribution in [3.05, 3.63) is 11.7 Å². The molecule has 1 aliphatic rings. The van der Waals surface area contributed by atoms with Crippen molar-refractivity contribution in [2.24, 2.45) is 4.99 Å². The monoisotopic (exact) mass is 409 g/mol. The Morgan fingerprint density at radius 3 is 2.90 bits per heavy atom. The molecule has 1 aromatic rings. The summed E-state index contributed by atoms with van der Waals surface area (Å²) in [6.45, 7) is 6.96. The Labute approximate surface area is 142 Å². The van der Waals surface area contributed by atoms with Gasteiger partial charge in [0.05, 0.1) is 12.6 Å². The van der Waals surface area contributed by atoms with Gasteiger partial charge < -0.3 is 19.9 Å². The third-order valence-corrected chi connectivity index (χ3v) is 3.02. The fourth-order valence-electron chi connectivity index (χ4n) is 2.05. The standard InChI is InChI=1S/C13H23N5O2.HI/c1-3-14-13(16-9-11-5-4-8-19-11)15-7-6-12-17-10(2)18-20-12;/h11H,3-9H2,1-2H3,(H2,14,15,16);1H. The lowest BCUT2D eigenvalue weighted by molar-refractivity contribution is 0.117. The molecule has 0 bridgehead atoms. The molecule has 1 atom stereocenters. The summed E-state index contributed by atoms with van der Waals surface area (Å²) >= 11 is 0. The first kappa shape index (κ1) is 18.1. The number of guanidine groups is 1. The Morgan fingerprint density at radius 1 is 1.43 bits per heavy atom. The van der Waals surface area contributed by atoms with Crippen LogP contribution in [0.15, 0.2) is 9.52 Å². The number of halogens is 1. The van der Waals surface area contributed by atoms with Gasteiger partial charge in [0.1, 0.15) is 0 Å². The number of ether oxygens (including phenoxy) is 1. The number of hydrogen-bond donors (Lipinski definition) is 2. The Hall–Kier alpha value is -0.900. The normalized spacial score (nSPS) is 18.4. The van der Waals surface area contributed by atoms with Crippen molar-refractivity contribution >= 4 is 29.9 Å². The highest BCUT2D eigenvalue weighted by Gasteiger charge is 2.14. The highest BCUT2D eigenvalue weighted by molar-refractivity contribution is 14.0. The molecule has 0 aromatic carbocycles. The highest BCUT2D eigenvalue weighted by atomic mass is 127. The van der Waals surface area contributed by atoms with Crippen LogP contribution < -0.4 is 10.6 Å². The molecule has 7 nitrogen and oxygen atoms in total. The van der Waals surface area contributed by atoms with Crippen LogP contribution in [0, 0.1) is 6.92 Å². The second kappa shape index (κ2) is 9.93. The minimum absolute atomic E-state index is 0. The predicted octanol–water partition coefficient (Wildman–Crippen LogP) is 1.27. The van der Waals surface area contributed by atoms with E-state index >= 15 is 0 Å². The number of rotatable bonds is 6. The number of aromatic nitrogens is 2. The maximum atomic E-state index is 5.56. The minimum Gasteiger partial charge on any atom is -0.376 e. The highest BCUT2D eigenvalue weighted by Crippen LogP contribution is 2.11. The van der Waals surface area contributed by atoms with Gasteiger partial charge in [-0.25, -0.2) is 0 Å². The van der Waals surface area contributed by atoms with Gasteiger partial charge in [0.25, 0.3) is 0 Å². The Morgan fingerprint density at radius 2 is 2.29 bits per heavy atom. The molecule has 0 spiro atoms. The van der Waals surface area contributed by atoms with Crippen LogP contribution in [0.2, 0.25) is 0 Å². The summed E-state index contributed by atoms with van der Waals surface area (Å²) in [5.41, 5.74) is 0. The Kier molecular flexibility index (Phi) is 8.58. The largest absolute Gasteiger partial charge is 0.376 e. The van der Waals surface area contributed by atoms with Gasteiger partial charge in [-0.15, -0.1) is 24.0 Å². The average molecular weight is 409 g/mol. The zero-order chi connectivity index (χ0) is 14.2. The number of nitrogens with one attached hydrogen (secondary N) is 2. The predicted molar refractivity (Wildman–Crippen MR) is 91.1 cm³/mol. The van der Waals surface area contributed by atoms with E-state index < -0.39 is 0 Å². The maximum Gasteiger partial charge on any atom is 0.228 e. The summed E-state index contributed by atoms with van der Waals surface area (Å²) in [5, 5.41) is 10.2. The molecule has 0 amide bonds. The molecule has 1 aliphatic heterocycles. The molecule has 8 heteroatoms. The first-order valence-corrected chi connectivity index (χ1v) is 7.21.